The lowest BCUT2D eigenvalue weighted by molar-refractivity contribution is 0.403. The van der Waals surface area contributed by atoms with E-state index in [4.69, 9.17) is 15.7 Å². The molecule has 21 heavy (non-hydrogen) atoms. The van der Waals surface area contributed by atoms with Crippen LogP contribution in [0.5, 0.6) is 5.75 Å². The molecule has 0 aliphatic heterocycles. The third-order valence-corrected chi connectivity index (χ3v) is 4.12. The van der Waals surface area contributed by atoms with Gasteiger partial charge in [-0.15, -0.1) is 0 Å². The highest BCUT2D eigenvalue weighted by Gasteiger charge is 2.20. The highest BCUT2D eigenvalue weighted by atomic mass is 32.2. The van der Waals surface area contributed by atoms with Gasteiger partial charge in [-0.1, -0.05) is 6.07 Å². The van der Waals surface area contributed by atoms with Gasteiger partial charge in [0.05, 0.1) is 24.4 Å². The lowest BCUT2D eigenvalue weighted by atomic mass is 10.2. The third-order valence-electron chi connectivity index (χ3n) is 2.72. The monoisotopic (exact) mass is 303 g/mol. The minimum atomic E-state index is -3.87. The maximum atomic E-state index is 12.4. The predicted octanol–water partition coefficient (Wildman–Crippen LogP) is 1.95. The summed E-state index contributed by atoms with van der Waals surface area (Å²) in [4.78, 5) is -0.0626. The molecule has 7 heteroatoms. The number of rotatable bonds is 4. The van der Waals surface area contributed by atoms with E-state index < -0.39 is 10.0 Å². The lowest BCUT2D eigenvalue weighted by Gasteiger charge is -2.12. The van der Waals surface area contributed by atoms with Gasteiger partial charge in [-0.05, 0) is 36.4 Å². The number of nitrogens with one attached hydrogen (secondary N) is 1. The number of nitriles is 1. The zero-order valence-corrected chi connectivity index (χ0v) is 12.0. The largest absolute Gasteiger partial charge is 0.495 e. The fourth-order valence-electron chi connectivity index (χ4n) is 1.77. The molecule has 0 radical (unpaired) electrons. The first kappa shape index (κ1) is 14.7. The average Bonchev–Trinajstić information content (AvgIpc) is 2.47. The van der Waals surface area contributed by atoms with Gasteiger partial charge in [-0.25, -0.2) is 8.42 Å². The first-order valence-corrected chi connectivity index (χ1v) is 7.41. The summed E-state index contributed by atoms with van der Waals surface area (Å²) in [5.74, 6) is 0.188. The Morgan fingerprint density at radius 1 is 1.24 bits per heavy atom. The van der Waals surface area contributed by atoms with Crippen LogP contribution in [0, 0.1) is 11.3 Å². The summed E-state index contributed by atoms with van der Waals surface area (Å²) in [5.41, 5.74) is 6.58. The Hall–Kier alpha value is -2.72. The molecule has 2 aromatic rings. The maximum Gasteiger partial charge on any atom is 0.265 e. The van der Waals surface area contributed by atoms with E-state index >= 15 is 0 Å². The molecular formula is C14H13N3O3S. The molecule has 0 fully saturated rings. The Kier molecular flexibility index (Phi) is 4.00. The third kappa shape index (κ3) is 3.24. The van der Waals surface area contributed by atoms with E-state index in [0.29, 0.717) is 16.9 Å². The summed E-state index contributed by atoms with van der Waals surface area (Å²) < 4.78 is 32.2. The Bertz CT molecular complexity index is 810. The number of nitrogens with two attached hydrogens (primary N) is 1. The Morgan fingerprint density at radius 2 is 2.00 bits per heavy atom. The zero-order valence-electron chi connectivity index (χ0n) is 11.2. The second-order valence-corrected chi connectivity index (χ2v) is 5.86. The quantitative estimate of drug-likeness (QED) is 0.840. The van der Waals surface area contributed by atoms with Gasteiger partial charge in [-0.3, -0.25) is 4.72 Å². The van der Waals surface area contributed by atoms with Crippen molar-refractivity contribution in [3.05, 3.63) is 48.0 Å². The van der Waals surface area contributed by atoms with Crippen molar-refractivity contribution in [2.24, 2.45) is 0 Å². The first-order chi connectivity index (χ1) is 9.96. The Labute approximate surface area is 122 Å². The van der Waals surface area contributed by atoms with Gasteiger partial charge in [0.2, 0.25) is 0 Å². The zero-order chi connectivity index (χ0) is 15.5. The molecule has 0 atom stereocenters. The molecule has 3 N–H and O–H groups in total. The number of nitrogens with zero attached hydrogens (tertiary/aromatic N) is 1. The van der Waals surface area contributed by atoms with Crippen molar-refractivity contribution in [1.29, 1.82) is 5.26 Å². The van der Waals surface area contributed by atoms with Crippen LogP contribution in [-0.2, 0) is 10.0 Å². The fraction of sp³-hybridized carbons (Fsp3) is 0.0714. The summed E-state index contributed by atoms with van der Waals surface area (Å²) in [5, 5.41) is 8.83. The van der Waals surface area contributed by atoms with Crippen LogP contribution in [-0.4, -0.2) is 15.5 Å². The molecule has 2 rings (SSSR count). The number of methoxy groups -OCH3 is 1. The normalized spacial score (nSPS) is 10.7. The number of benzene rings is 2. The lowest BCUT2D eigenvalue weighted by Crippen LogP contribution is -2.14. The van der Waals surface area contributed by atoms with Crippen molar-refractivity contribution >= 4 is 21.4 Å². The summed E-state index contributed by atoms with van der Waals surface area (Å²) >= 11 is 0. The van der Waals surface area contributed by atoms with E-state index in [1.807, 2.05) is 6.07 Å². The summed E-state index contributed by atoms with van der Waals surface area (Å²) in [7, 11) is -2.49. The van der Waals surface area contributed by atoms with Crippen LogP contribution in [0.25, 0.3) is 0 Å². The van der Waals surface area contributed by atoms with Crippen LogP contribution in [0.3, 0.4) is 0 Å². The molecular weight excluding hydrogens is 290 g/mol. The second kappa shape index (κ2) is 5.73. The van der Waals surface area contributed by atoms with Crippen molar-refractivity contribution in [3.63, 3.8) is 0 Å². The molecule has 0 saturated carbocycles. The van der Waals surface area contributed by atoms with Crippen LogP contribution < -0.4 is 15.2 Å². The predicted molar refractivity (Wildman–Crippen MR) is 79.4 cm³/mol. The van der Waals surface area contributed by atoms with Crippen LogP contribution in [0.15, 0.2) is 47.4 Å². The van der Waals surface area contributed by atoms with Crippen LogP contribution >= 0.6 is 0 Å². The van der Waals surface area contributed by atoms with Gasteiger partial charge < -0.3 is 10.5 Å². The smallest absolute Gasteiger partial charge is 0.265 e. The topological polar surface area (TPSA) is 105 Å². The molecule has 108 valence electrons. The highest BCUT2D eigenvalue weighted by Crippen LogP contribution is 2.27. The van der Waals surface area contributed by atoms with E-state index in [2.05, 4.69) is 4.72 Å². The van der Waals surface area contributed by atoms with E-state index in [9.17, 15) is 8.42 Å². The summed E-state index contributed by atoms with van der Waals surface area (Å²) in [6, 6.07) is 12.5. The molecule has 0 aliphatic rings. The molecule has 6 nitrogen and oxygen atoms in total. The van der Waals surface area contributed by atoms with Crippen molar-refractivity contribution in [1.82, 2.24) is 0 Å². The van der Waals surface area contributed by atoms with E-state index in [0.717, 1.165) is 0 Å². The molecule has 0 spiro atoms. The van der Waals surface area contributed by atoms with Gasteiger partial charge >= 0.3 is 0 Å². The Balaban J connectivity index is 2.43. The van der Waals surface area contributed by atoms with Gasteiger partial charge in [0.1, 0.15) is 10.6 Å². The van der Waals surface area contributed by atoms with Crippen molar-refractivity contribution in [3.8, 4) is 11.8 Å². The average molecular weight is 303 g/mol. The van der Waals surface area contributed by atoms with Gasteiger partial charge in [0.15, 0.2) is 0 Å². The molecule has 0 heterocycles. The van der Waals surface area contributed by atoms with Crippen molar-refractivity contribution in [2.45, 2.75) is 4.90 Å². The van der Waals surface area contributed by atoms with Crippen LogP contribution in [0.1, 0.15) is 5.56 Å². The van der Waals surface area contributed by atoms with Crippen LogP contribution in [0.4, 0.5) is 11.4 Å². The first-order valence-electron chi connectivity index (χ1n) is 5.93. The van der Waals surface area contributed by atoms with Crippen molar-refractivity contribution in [2.75, 3.05) is 17.6 Å². The molecule has 0 unspecified atom stereocenters. The number of nitrogen functional groups attached to an aromatic ring is 1. The number of ether oxygens (including phenoxy) is 1. The maximum absolute atomic E-state index is 12.4. The minimum absolute atomic E-state index is 0.0626. The van der Waals surface area contributed by atoms with E-state index in [1.54, 1.807) is 24.3 Å². The van der Waals surface area contributed by atoms with E-state index in [1.165, 1.54) is 25.3 Å². The van der Waals surface area contributed by atoms with Crippen LogP contribution in [0.2, 0.25) is 0 Å². The number of hydrogen-bond acceptors (Lipinski definition) is 5. The molecule has 0 aromatic heterocycles. The summed E-state index contributed by atoms with van der Waals surface area (Å²) in [6.07, 6.45) is 0. The summed E-state index contributed by atoms with van der Waals surface area (Å²) in [6.45, 7) is 0. The number of sulfonamides is 1. The standard InChI is InChI=1S/C14H13N3O3S/c1-20-13-6-5-11(16)8-14(13)21(18,19)17-12-4-2-3-10(7-12)9-15/h2-8,17H,16H2,1H3. The van der Waals surface area contributed by atoms with E-state index in [-0.39, 0.29) is 10.6 Å². The SMILES string of the molecule is COc1ccc(N)cc1S(=O)(=O)Nc1cccc(C#N)c1. The fourth-order valence-corrected chi connectivity index (χ4v) is 3.02. The molecule has 0 bridgehead atoms. The molecule has 0 saturated heterocycles. The minimum Gasteiger partial charge on any atom is -0.495 e. The number of anilines is 2. The highest BCUT2D eigenvalue weighted by molar-refractivity contribution is 7.92. The number of hydrogen-bond donors (Lipinski definition) is 2. The van der Waals surface area contributed by atoms with Crippen molar-refractivity contribution < 1.29 is 13.2 Å². The Morgan fingerprint density at radius 3 is 2.67 bits per heavy atom. The molecule has 0 aliphatic carbocycles. The molecule has 2 aromatic carbocycles. The van der Waals surface area contributed by atoms with Gasteiger partial charge in [-0.2, -0.15) is 5.26 Å². The second-order valence-electron chi connectivity index (χ2n) is 4.21. The van der Waals surface area contributed by atoms with Gasteiger partial charge in [0.25, 0.3) is 10.0 Å². The molecule has 0 amide bonds. The van der Waals surface area contributed by atoms with Gasteiger partial charge in [0, 0.05) is 5.69 Å².